The SMILES string of the molecule is NC(=O)c1c(NC(=O)CSc2nc3sccc3c(=O)n2-c2ccccc2)sc2c1CCC2. The van der Waals surface area contributed by atoms with Crippen LogP contribution in [0.3, 0.4) is 0 Å². The number of hydrogen-bond donors (Lipinski definition) is 2. The minimum atomic E-state index is -0.518. The van der Waals surface area contributed by atoms with Crippen LogP contribution in [0.25, 0.3) is 15.9 Å². The van der Waals surface area contributed by atoms with E-state index in [0.29, 0.717) is 31.6 Å². The first-order chi connectivity index (χ1) is 15.5. The maximum absolute atomic E-state index is 13.1. The number of aryl methyl sites for hydroxylation is 1. The third-order valence-electron chi connectivity index (χ3n) is 5.23. The maximum atomic E-state index is 13.1. The largest absolute Gasteiger partial charge is 0.365 e. The summed E-state index contributed by atoms with van der Waals surface area (Å²) < 4.78 is 1.53. The number of fused-ring (bicyclic) bond motifs is 2. The van der Waals surface area contributed by atoms with Crippen LogP contribution >= 0.6 is 34.4 Å². The van der Waals surface area contributed by atoms with E-state index in [2.05, 4.69) is 10.3 Å². The number of thiophene rings is 2. The number of carbonyl (C=O) groups is 2. The number of para-hydroxylation sites is 1. The number of carbonyl (C=O) groups excluding carboxylic acids is 2. The Bertz CT molecular complexity index is 1410. The second kappa shape index (κ2) is 8.53. The zero-order valence-electron chi connectivity index (χ0n) is 16.8. The fourth-order valence-electron chi connectivity index (χ4n) is 3.84. The van der Waals surface area contributed by atoms with E-state index in [-0.39, 0.29) is 17.2 Å². The molecule has 0 saturated carbocycles. The highest BCUT2D eigenvalue weighted by Gasteiger charge is 2.26. The van der Waals surface area contributed by atoms with E-state index in [0.717, 1.165) is 29.7 Å². The Morgan fingerprint density at radius 1 is 1.19 bits per heavy atom. The van der Waals surface area contributed by atoms with Gasteiger partial charge in [-0.2, -0.15) is 0 Å². The van der Waals surface area contributed by atoms with Gasteiger partial charge in [-0.25, -0.2) is 4.98 Å². The highest BCUT2D eigenvalue weighted by Crippen LogP contribution is 2.39. The summed E-state index contributed by atoms with van der Waals surface area (Å²) in [7, 11) is 0. The van der Waals surface area contributed by atoms with Crippen LogP contribution in [0, 0.1) is 0 Å². The number of rotatable bonds is 6. The molecule has 7 nitrogen and oxygen atoms in total. The molecule has 2 amide bonds. The first-order valence-corrected chi connectivity index (χ1v) is 12.6. The molecule has 3 N–H and O–H groups in total. The van der Waals surface area contributed by atoms with E-state index in [1.54, 1.807) is 6.07 Å². The number of nitrogens with two attached hydrogens (primary N) is 1. The second-order valence-electron chi connectivity index (χ2n) is 7.27. The Labute approximate surface area is 195 Å². The average molecular weight is 483 g/mol. The van der Waals surface area contributed by atoms with Gasteiger partial charge in [-0.05, 0) is 48.4 Å². The number of hydrogen-bond acceptors (Lipinski definition) is 7. The molecule has 3 aromatic heterocycles. The van der Waals surface area contributed by atoms with Crippen LogP contribution in [-0.2, 0) is 17.6 Å². The topological polar surface area (TPSA) is 107 Å². The summed E-state index contributed by atoms with van der Waals surface area (Å²) in [4.78, 5) is 44.2. The van der Waals surface area contributed by atoms with E-state index in [1.807, 2.05) is 35.7 Å². The van der Waals surface area contributed by atoms with Gasteiger partial charge >= 0.3 is 0 Å². The highest BCUT2D eigenvalue weighted by atomic mass is 32.2. The van der Waals surface area contributed by atoms with Crippen molar-refractivity contribution < 1.29 is 9.59 Å². The van der Waals surface area contributed by atoms with Crippen LogP contribution in [0.5, 0.6) is 0 Å². The van der Waals surface area contributed by atoms with E-state index >= 15 is 0 Å². The van der Waals surface area contributed by atoms with Gasteiger partial charge in [0.25, 0.3) is 11.5 Å². The second-order valence-corrected chi connectivity index (χ2v) is 10.2. The Kier molecular flexibility index (Phi) is 5.58. The van der Waals surface area contributed by atoms with E-state index < -0.39 is 5.91 Å². The van der Waals surface area contributed by atoms with Crippen molar-refractivity contribution in [3.8, 4) is 5.69 Å². The Hall–Kier alpha value is -2.95. The molecular weight excluding hydrogens is 464 g/mol. The highest BCUT2D eigenvalue weighted by molar-refractivity contribution is 7.99. The molecule has 3 heterocycles. The molecule has 10 heteroatoms. The van der Waals surface area contributed by atoms with Crippen molar-refractivity contribution in [1.29, 1.82) is 0 Å². The molecule has 5 rings (SSSR count). The standard InChI is InChI=1S/C22H18N4O3S3/c23-18(28)17-13-7-4-8-15(13)32-20(17)24-16(27)11-31-22-25-19-14(9-10-30-19)21(29)26(22)12-5-2-1-3-6-12/h1-3,5-6,9-10H,4,7-8,11H2,(H2,23,28)(H,24,27). The number of nitrogens with one attached hydrogen (secondary N) is 1. The van der Waals surface area contributed by atoms with Gasteiger partial charge in [0, 0.05) is 4.88 Å². The predicted molar refractivity (Wildman–Crippen MR) is 129 cm³/mol. The molecule has 0 bridgehead atoms. The molecule has 0 unspecified atom stereocenters. The van der Waals surface area contributed by atoms with Crippen molar-refractivity contribution in [2.24, 2.45) is 5.73 Å². The molecule has 0 radical (unpaired) electrons. The molecule has 1 aliphatic rings. The molecule has 0 spiro atoms. The van der Waals surface area contributed by atoms with Gasteiger partial charge in [0.05, 0.1) is 22.4 Å². The van der Waals surface area contributed by atoms with Gasteiger partial charge in [-0.15, -0.1) is 22.7 Å². The van der Waals surface area contributed by atoms with Gasteiger partial charge in [-0.3, -0.25) is 19.0 Å². The van der Waals surface area contributed by atoms with Crippen molar-refractivity contribution in [2.75, 3.05) is 11.1 Å². The summed E-state index contributed by atoms with van der Waals surface area (Å²) in [5.41, 5.74) is 7.49. The zero-order chi connectivity index (χ0) is 22.2. The van der Waals surface area contributed by atoms with Crippen molar-refractivity contribution in [1.82, 2.24) is 9.55 Å². The van der Waals surface area contributed by atoms with Crippen LogP contribution in [0.2, 0.25) is 0 Å². The summed E-state index contributed by atoms with van der Waals surface area (Å²) in [6.45, 7) is 0. The summed E-state index contributed by atoms with van der Waals surface area (Å²) in [5.74, 6) is -0.760. The van der Waals surface area contributed by atoms with Gasteiger partial charge in [-0.1, -0.05) is 30.0 Å². The van der Waals surface area contributed by atoms with Crippen molar-refractivity contribution in [2.45, 2.75) is 24.4 Å². The number of primary amides is 1. The molecule has 162 valence electrons. The molecule has 32 heavy (non-hydrogen) atoms. The third-order valence-corrected chi connectivity index (χ3v) is 8.19. The molecule has 1 aliphatic carbocycles. The zero-order valence-corrected chi connectivity index (χ0v) is 19.2. The summed E-state index contributed by atoms with van der Waals surface area (Å²) >= 11 is 3.99. The van der Waals surface area contributed by atoms with E-state index in [9.17, 15) is 14.4 Å². The van der Waals surface area contributed by atoms with Crippen LogP contribution in [0.15, 0.2) is 51.7 Å². The fourth-order valence-corrected chi connectivity index (χ4v) is 6.77. The summed E-state index contributed by atoms with van der Waals surface area (Å²) in [5, 5.41) is 6.17. The molecule has 0 saturated heterocycles. The number of amides is 2. The third kappa shape index (κ3) is 3.74. The van der Waals surface area contributed by atoms with Crippen LogP contribution < -0.4 is 16.6 Å². The lowest BCUT2D eigenvalue weighted by atomic mass is 10.1. The minimum absolute atomic E-state index is 0.0386. The number of benzene rings is 1. The monoisotopic (exact) mass is 482 g/mol. The van der Waals surface area contributed by atoms with Gasteiger partial charge in [0.1, 0.15) is 9.83 Å². The maximum Gasteiger partial charge on any atom is 0.267 e. The quantitative estimate of drug-likeness (QED) is 0.321. The smallest absolute Gasteiger partial charge is 0.267 e. The Morgan fingerprint density at radius 3 is 2.78 bits per heavy atom. The lowest BCUT2D eigenvalue weighted by molar-refractivity contribution is -0.113. The van der Waals surface area contributed by atoms with Gasteiger partial charge in [0.15, 0.2) is 5.16 Å². The molecule has 4 aromatic rings. The Morgan fingerprint density at radius 2 is 2.00 bits per heavy atom. The van der Waals surface area contributed by atoms with E-state index in [1.165, 1.54) is 39.0 Å². The van der Waals surface area contributed by atoms with E-state index in [4.69, 9.17) is 5.73 Å². The van der Waals surface area contributed by atoms with Crippen LogP contribution in [0.4, 0.5) is 5.00 Å². The Balaban J connectivity index is 1.42. The first-order valence-electron chi connectivity index (χ1n) is 9.95. The number of thioether (sulfide) groups is 1. The molecule has 0 atom stereocenters. The summed E-state index contributed by atoms with van der Waals surface area (Å²) in [6.07, 6.45) is 2.71. The number of anilines is 1. The number of aromatic nitrogens is 2. The number of nitrogens with zero attached hydrogens (tertiary/aromatic N) is 2. The molecular formula is C22H18N4O3S3. The van der Waals surface area contributed by atoms with Crippen molar-refractivity contribution in [3.05, 3.63) is 68.1 Å². The molecule has 0 aliphatic heterocycles. The van der Waals surface area contributed by atoms with Gasteiger partial charge < -0.3 is 11.1 Å². The van der Waals surface area contributed by atoms with Crippen molar-refractivity contribution >= 4 is 61.5 Å². The molecule has 0 fully saturated rings. The summed E-state index contributed by atoms with van der Waals surface area (Å²) in [6, 6.07) is 11.0. The molecule has 1 aromatic carbocycles. The minimum Gasteiger partial charge on any atom is -0.365 e. The van der Waals surface area contributed by atoms with Crippen LogP contribution in [-0.4, -0.2) is 27.1 Å². The van der Waals surface area contributed by atoms with Crippen LogP contribution in [0.1, 0.15) is 27.2 Å². The first kappa shape index (κ1) is 20.9. The lowest BCUT2D eigenvalue weighted by Crippen LogP contribution is -2.22. The van der Waals surface area contributed by atoms with Crippen molar-refractivity contribution in [3.63, 3.8) is 0 Å². The fraction of sp³-hybridized carbons (Fsp3) is 0.182. The predicted octanol–water partition coefficient (Wildman–Crippen LogP) is 3.83. The van der Waals surface area contributed by atoms with Gasteiger partial charge in [0.2, 0.25) is 5.91 Å². The normalized spacial score (nSPS) is 12.8. The lowest BCUT2D eigenvalue weighted by Gasteiger charge is -2.12. The average Bonchev–Trinajstić information content (AvgIpc) is 3.48.